The second-order valence-electron chi connectivity index (χ2n) is 6.61. The summed E-state index contributed by atoms with van der Waals surface area (Å²) < 4.78 is 0. The number of rotatable bonds is 2. The van der Waals surface area contributed by atoms with Crippen LogP contribution in [-0.2, 0) is 10.2 Å². The van der Waals surface area contributed by atoms with Gasteiger partial charge in [-0.1, -0.05) is 26.8 Å². The molecule has 1 saturated heterocycles. The number of carboxylic acids is 1. The van der Waals surface area contributed by atoms with Gasteiger partial charge in [0.25, 0.3) is 5.91 Å². The smallest absolute Gasteiger partial charge is 0.308 e. The SMILES string of the molecule is CC(C)(C)c1ccc(C(=O)N2CCC[C@H](C(=O)O)C2)nc1. The minimum Gasteiger partial charge on any atom is -0.481 e. The van der Waals surface area contributed by atoms with Crippen molar-refractivity contribution in [2.75, 3.05) is 13.1 Å². The highest BCUT2D eigenvalue weighted by Gasteiger charge is 2.29. The summed E-state index contributed by atoms with van der Waals surface area (Å²) in [5, 5.41) is 9.08. The number of hydrogen-bond donors (Lipinski definition) is 1. The van der Waals surface area contributed by atoms with Crippen LogP contribution in [0.5, 0.6) is 0 Å². The highest BCUT2D eigenvalue weighted by molar-refractivity contribution is 5.92. The minimum atomic E-state index is -0.830. The predicted octanol–water partition coefficient (Wildman–Crippen LogP) is 2.32. The van der Waals surface area contributed by atoms with Gasteiger partial charge in [-0.05, 0) is 29.9 Å². The van der Waals surface area contributed by atoms with E-state index in [-0.39, 0.29) is 17.9 Å². The molecule has 1 amide bonds. The fourth-order valence-electron chi connectivity index (χ4n) is 2.49. The van der Waals surface area contributed by atoms with E-state index in [1.54, 1.807) is 17.2 Å². The number of aliphatic carboxylic acids is 1. The molecule has 0 spiro atoms. The second-order valence-corrected chi connectivity index (χ2v) is 6.61. The third-order valence-corrected chi connectivity index (χ3v) is 3.91. The lowest BCUT2D eigenvalue weighted by Gasteiger charge is -2.30. The van der Waals surface area contributed by atoms with Crippen LogP contribution in [0.3, 0.4) is 0 Å². The normalized spacial score (nSPS) is 19.4. The molecule has 5 nitrogen and oxygen atoms in total. The molecule has 21 heavy (non-hydrogen) atoms. The van der Waals surface area contributed by atoms with E-state index >= 15 is 0 Å². The molecule has 1 aliphatic heterocycles. The number of likely N-dealkylation sites (tertiary alicyclic amines) is 1. The van der Waals surface area contributed by atoms with Crippen molar-refractivity contribution in [3.63, 3.8) is 0 Å². The molecular formula is C16H22N2O3. The van der Waals surface area contributed by atoms with Gasteiger partial charge in [-0.3, -0.25) is 14.6 Å². The predicted molar refractivity (Wildman–Crippen MR) is 79.2 cm³/mol. The number of aromatic nitrogens is 1. The lowest BCUT2D eigenvalue weighted by Crippen LogP contribution is -2.42. The zero-order valence-corrected chi connectivity index (χ0v) is 12.8. The Morgan fingerprint density at radius 3 is 2.57 bits per heavy atom. The van der Waals surface area contributed by atoms with Crippen LogP contribution in [-0.4, -0.2) is 40.0 Å². The number of amides is 1. The third kappa shape index (κ3) is 3.60. The standard InChI is InChI=1S/C16H22N2O3/c1-16(2,3)12-6-7-13(17-9-12)14(19)18-8-4-5-11(10-18)15(20)21/h6-7,9,11H,4-5,8,10H2,1-3H3,(H,20,21)/t11-/m0/s1. The number of carboxylic acid groups (broad SMARTS) is 1. The molecule has 5 heteroatoms. The van der Waals surface area contributed by atoms with Crippen molar-refractivity contribution in [2.24, 2.45) is 5.92 Å². The molecule has 1 aromatic heterocycles. The molecule has 0 saturated carbocycles. The Kier molecular flexibility index (Phi) is 4.30. The van der Waals surface area contributed by atoms with E-state index in [1.165, 1.54) is 0 Å². The second kappa shape index (κ2) is 5.84. The van der Waals surface area contributed by atoms with E-state index in [9.17, 15) is 9.59 Å². The molecule has 2 heterocycles. The van der Waals surface area contributed by atoms with Crippen molar-refractivity contribution in [1.29, 1.82) is 0 Å². The summed E-state index contributed by atoms with van der Waals surface area (Å²) in [6.07, 6.45) is 3.09. The van der Waals surface area contributed by atoms with Gasteiger partial charge < -0.3 is 10.0 Å². The van der Waals surface area contributed by atoms with Crippen LogP contribution < -0.4 is 0 Å². The number of carbonyl (C=O) groups excluding carboxylic acids is 1. The molecule has 0 unspecified atom stereocenters. The fourth-order valence-corrected chi connectivity index (χ4v) is 2.49. The van der Waals surface area contributed by atoms with Gasteiger partial charge in [-0.2, -0.15) is 0 Å². The van der Waals surface area contributed by atoms with Gasteiger partial charge in [0.05, 0.1) is 5.92 Å². The number of carbonyl (C=O) groups is 2. The molecule has 2 rings (SSSR count). The maximum atomic E-state index is 12.4. The summed E-state index contributed by atoms with van der Waals surface area (Å²) >= 11 is 0. The van der Waals surface area contributed by atoms with Crippen molar-refractivity contribution >= 4 is 11.9 Å². The Balaban J connectivity index is 2.11. The first-order chi connectivity index (χ1) is 9.79. The average Bonchev–Trinajstić information content (AvgIpc) is 2.46. The molecule has 1 fully saturated rings. The number of nitrogens with zero attached hydrogens (tertiary/aromatic N) is 2. The van der Waals surface area contributed by atoms with Crippen LogP contribution in [0.15, 0.2) is 18.3 Å². The van der Waals surface area contributed by atoms with Gasteiger partial charge in [0.1, 0.15) is 5.69 Å². The van der Waals surface area contributed by atoms with Crippen LogP contribution in [0.25, 0.3) is 0 Å². The molecule has 0 aliphatic carbocycles. The summed E-state index contributed by atoms with van der Waals surface area (Å²) in [5.74, 6) is -1.47. The van der Waals surface area contributed by atoms with Crippen molar-refractivity contribution in [2.45, 2.75) is 39.0 Å². The zero-order chi connectivity index (χ0) is 15.6. The van der Waals surface area contributed by atoms with Gasteiger partial charge in [-0.15, -0.1) is 0 Å². The molecule has 1 aromatic rings. The molecule has 1 atom stereocenters. The summed E-state index contributed by atoms with van der Waals surface area (Å²) in [7, 11) is 0. The summed E-state index contributed by atoms with van der Waals surface area (Å²) in [6, 6.07) is 3.64. The Bertz CT molecular complexity index is 531. The van der Waals surface area contributed by atoms with Gasteiger partial charge in [0, 0.05) is 19.3 Å². The highest BCUT2D eigenvalue weighted by atomic mass is 16.4. The number of hydrogen-bond acceptors (Lipinski definition) is 3. The maximum Gasteiger partial charge on any atom is 0.308 e. The van der Waals surface area contributed by atoms with Gasteiger partial charge in [0.2, 0.25) is 0 Å². The van der Waals surface area contributed by atoms with E-state index in [4.69, 9.17) is 5.11 Å². The highest BCUT2D eigenvalue weighted by Crippen LogP contribution is 2.22. The van der Waals surface area contributed by atoms with E-state index in [2.05, 4.69) is 25.8 Å². The molecule has 114 valence electrons. The van der Waals surface area contributed by atoms with Gasteiger partial charge in [-0.25, -0.2) is 0 Å². The monoisotopic (exact) mass is 290 g/mol. The van der Waals surface area contributed by atoms with Crippen LogP contribution >= 0.6 is 0 Å². The molecule has 0 radical (unpaired) electrons. The van der Waals surface area contributed by atoms with Crippen molar-refractivity contribution < 1.29 is 14.7 Å². The Morgan fingerprint density at radius 2 is 2.05 bits per heavy atom. The largest absolute Gasteiger partial charge is 0.481 e. The van der Waals surface area contributed by atoms with Gasteiger partial charge in [0.15, 0.2) is 0 Å². The fraction of sp³-hybridized carbons (Fsp3) is 0.562. The number of pyridine rings is 1. The summed E-state index contributed by atoms with van der Waals surface area (Å²) in [6.45, 7) is 7.15. The lowest BCUT2D eigenvalue weighted by molar-refractivity contribution is -0.143. The average molecular weight is 290 g/mol. The quantitative estimate of drug-likeness (QED) is 0.907. The van der Waals surface area contributed by atoms with E-state index < -0.39 is 11.9 Å². The van der Waals surface area contributed by atoms with Crippen molar-refractivity contribution in [3.8, 4) is 0 Å². The van der Waals surface area contributed by atoms with Crippen molar-refractivity contribution in [1.82, 2.24) is 9.88 Å². The van der Waals surface area contributed by atoms with Crippen molar-refractivity contribution in [3.05, 3.63) is 29.6 Å². The van der Waals surface area contributed by atoms with Crippen LogP contribution in [0.4, 0.5) is 0 Å². The van der Waals surface area contributed by atoms with Gasteiger partial charge >= 0.3 is 5.97 Å². The van der Waals surface area contributed by atoms with E-state index in [1.807, 2.05) is 6.07 Å². The minimum absolute atomic E-state index is 0.00585. The first-order valence-corrected chi connectivity index (χ1v) is 7.27. The topological polar surface area (TPSA) is 70.5 Å². The van der Waals surface area contributed by atoms with Crippen LogP contribution in [0.1, 0.15) is 49.7 Å². The Morgan fingerprint density at radius 1 is 1.33 bits per heavy atom. The summed E-state index contributed by atoms with van der Waals surface area (Å²) in [4.78, 5) is 29.3. The molecule has 0 bridgehead atoms. The summed E-state index contributed by atoms with van der Waals surface area (Å²) in [5.41, 5.74) is 1.45. The Hall–Kier alpha value is -1.91. The first-order valence-electron chi connectivity index (χ1n) is 7.27. The molecule has 0 aromatic carbocycles. The molecule has 1 aliphatic rings. The van der Waals surface area contributed by atoms with E-state index in [0.29, 0.717) is 18.7 Å². The maximum absolute atomic E-state index is 12.4. The first kappa shape index (κ1) is 15.5. The van der Waals surface area contributed by atoms with Crippen LogP contribution in [0.2, 0.25) is 0 Å². The zero-order valence-electron chi connectivity index (χ0n) is 12.8. The number of piperidine rings is 1. The van der Waals surface area contributed by atoms with Crippen LogP contribution in [0, 0.1) is 5.92 Å². The molecule has 1 N–H and O–H groups in total. The Labute approximate surface area is 125 Å². The third-order valence-electron chi connectivity index (χ3n) is 3.91. The molecular weight excluding hydrogens is 268 g/mol. The lowest BCUT2D eigenvalue weighted by atomic mass is 9.88. The van der Waals surface area contributed by atoms with E-state index in [0.717, 1.165) is 12.0 Å².